The fraction of sp³-hybridized carbons (Fsp3) is 0.636. The molecular weight excluding hydrogens is 178 g/mol. The molecule has 3 heteroatoms. The monoisotopic (exact) mass is 197 g/mol. The molecule has 80 valence electrons. The summed E-state index contributed by atoms with van der Waals surface area (Å²) in [4.78, 5) is 0. The topological polar surface area (TPSA) is 48.4 Å². The molecule has 0 spiro atoms. The van der Waals surface area contributed by atoms with Crippen LogP contribution in [0.5, 0.6) is 0 Å². The summed E-state index contributed by atoms with van der Waals surface area (Å²) < 4.78 is 10.9. The van der Waals surface area contributed by atoms with E-state index in [1.807, 2.05) is 6.07 Å². The lowest BCUT2D eigenvalue weighted by Gasteiger charge is -2.15. The average molecular weight is 197 g/mol. The van der Waals surface area contributed by atoms with E-state index in [0.717, 1.165) is 11.3 Å². The molecule has 0 bridgehead atoms. The fourth-order valence-corrected chi connectivity index (χ4v) is 1.08. The maximum absolute atomic E-state index is 5.64. The molecule has 2 N–H and O–H groups in total. The van der Waals surface area contributed by atoms with Crippen LogP contribution in [-0.4, -0.2) is 6.10 Å². The largest absolute Gasteiger partial charge is 0.467 e. The van der Waals surface area contributed by atoms with Gasteiger partial charge in [0, 0.05) is 12.1 Å². The molecule has 1 atom stereocenters. The first-order valence-corrected chi connectivity index (χ1v) is 5.02. The maximum atomic E-state index is 5.64. The molecule has 0 aliphatic carbocycles. The summed E-state index contributed by atoms with van der Waals surface area (Å²) in [6.45, 7) is 7.35. The quantitative estimate of drug-likeness (QED) is 0.788. The van der Waals surface area contributed by atoms with Gasteiger partial charge in [-0.2, -0.15) is 0 Å². The van der Waals surface area contributed by atoms with Crippen molar-refractivity contribution in [2.24, 2.45) is 11.7 Å². The molecule has 0 aliphatic heterocycles. The Kier molecular flexibility index (Phi) is 4.17. The highest BCUT2D eigenvalue weighted by Crippen LogP contribution is 2.14. The molecule has 1 unspecified atom stereocenters. The third-order valence-electron chi connectivity index (χ3n) is 2.47. The van der Waals surface area contributed by atoms with Gasteiger partial charge in [-0.25, -0.2) is 0 Å². The minimum Gasteiger partial charge on any atom is -0.467 e. The Labute approximate surface area is 85.2 Å². The third-order valence-corrected chi connectivity index (χ3v) is 2.47. The van der Waals surface area contributed by atoms with Gasteiger partial charge in [0.2, 0.25) is 0 Å². The van der Waals surface area contributed by atoms with Crippen molar-refractivity contribution in [1.82, 2.24) is 0 Å². The van der Waals surface area contributed by atoms with Gasteiger partial charge in [0.1, 0.15) is 12.4 Å². The van der Waals surface area contributed by atoms with Crippen LogP contribution in [-0.2, 0) is 17.9 Å². The van der Waals surface area contributed by atoms with Crippen LogP contribution in [0.3, 0.4) is 0 Å². The highest BCUT2D eigenvalue weighted by atomic mass is 16.5. The summed E-state index contributed by atoms with van der Waals surface area (Å²) in [7, 11) is 0. The number of furan rings is 1. The molecule has 1 aromatic rings. The summed E-state index contributed by atoms with van der Waals surface area (Å²) in [5.41, 5.74) is 6.57. The molecule has 14 heavy (non-hydrogen) atoms. The van der Waals surface area contributed by atoms with E-state index in [-0.39, 0.29) is 6.10 Å². The Hall–Kier alpha value is -0.800. The minimum absolute atomic E-state index is 0.241. The van der Waals surface area contributed by atoms with E-state index in [4.69, 9.17) is 14.9 Å². The average Bonchev–Trinajstić information content (AvgIpc) is 2.60. The van der Waals surface area contributed by atoms with Gasteiger partial charge in [0.15, 0.2) is 0 Å². The van der Waals surface area contributed by atoms with E-state index in [9.17, 15) is 0 Å². The molecule has 1 heterocycles. The smallest absolute Gasteiger partial charge is 0.133 e. The first-order chi connectivity index (χ1) is 6.65. The van der Waals surface area contributed by atoms with Crippen molar-refractivity contribution >= 4 is 0 Å². The van der Waals surface area contributed by atoms with Crippen LogP contribution in [0.2, 0.25) is 0 Å². The van der Waals surface area contributed by atoms with Crippen LogP contribution in [0.25, 0.3) is 0 Å². The predicted octanol–water partition coefficient (Wildman–Crippen LogP) is 2.30. The lowest BCUT2D eigenvalue weighted by molar-refractivity contribution is 0.0145. The van der Waals surface area contributed by atoms with Crippen molar-refractivity contribution in [3.05, 3.63) is 23.7 Å². The third kappa shape index (κ3) is 2.86. The predicted molar refractivity (Wildman–Crippen MR) is 55.7 cm³/mol. The van der Waals surface area contributed by atoms with Crippen LogP contribution in [0.1, 0.15) is 32.1 Å². The lowest BCUT2D eigenvalue weighted by atomic mass is 10.1. The van der Waals surface area contributed by atoms with Crippen molar-refractivity contribution < 1.29 is 9.15 Å². The zero-order valence-electron chi connectivity index (χ0n) is 9.12. The van der Waals surface area contributed by atoms with Crippen LogP contribution >= 0.6 is 0 Å². The molecule has 0 radical (unpaired) electrons. The Morgan fingerprint density at radius 2 is 2.14 bits per heavy atom. The number of nitrogens with two attached hydrogens (primary N) is 1. The number of hydrogen-bond acceptors (Lipinski definition) is 3. The van der Waals surface area contributed by atoms with E-state index < -0.39 is 0 Å². The summed E-state index contributed by atoms with van der Waals surface area (Å²) in [6.07, 6.45) is 1.90. The second-order valence-electron chi connectivity index (χ2n) is 3.83. The van der Waals surface area contributed by atoms with Gasteiger partial charge in [0.05, 0.1) is 12.4 Å². The fourth-order valence-electron chi connectivity index (χ4n) is 1.08. The molecule has 0 aromatic carbocycles. The highest BCUT2D eigenvalue weighted by molar-refractivity contribution is 5.15. The Morgan fingerprint density at radius 3 is 2.71 bits per heavy atom. The van der Waals surface area contributed by atoms with Crippen molar-refractivity contribution in [3.63, 3.8) is 0 Å². The molecular formula is C11H19NO2. The lowest BCUT2D eigenvalue weighted by Crippen LogP contribution is -2.15. The standard InChI is InChI=1S/C11H19NO2/c1-8(2)9(3)14-7-11-10(6-12)4-5-13-11/h4-5,8-9H,6-7,12H2,1-3H3. The first kappa shape index (κ1) is 11.3. The van der Waals surface area contributed by atoms with E-state index in [1.54, 1.807) is 6.26 Å². The molecule has 1 rings (SSSR count). The van der Waals surface area contributed by atoms with Crippen molar-refractivity contribution in [2.75, 3.05) is 0 Å². The number of ether oxygens (including phenoxy) is 1. The molecule has 0 aliphatic rings. The maximum Gasteiger partial charge on any atom is 0.133 e. The van der Waals surface area contributed by atoms with Crippen LogP contribution in [0, 0.1) is 5.92 Å². The van der Waals surface area contributed by atoms with E-state index in [0.29, 0.717) is 19.1 Å². The molecule has 0 amide bonds. The second kappa shape index (κ2) is 5.17. The Bertz CT molecular complexity index is 268. The summed E-state index contributed by atoms with van der Waals surface area (Å²) in [6, 6.07) is 1.89. The van der Waals surface area contributed by atoms with Gasteiger partial charge < -0.3 is 14.9 Å². The summed E-state index contributed by atoms with van der Waals surface area (Å²) in [5.74, 6) is 1.37. The second-order valence-corrected chi connectivity index (χ2v) is 3.83. The molecule has 1 aromatic heterocycles. The van der Waals surface area contributed by atoms with Gasteiger partial charge in [-0.05, 0) is 18.9 Å². The van der Waals surface area contributed by atoms with Gasteiger partial charge in [0.25, 0.3) is 0 Å². The van der Waals surface area contributed by atoms with Gasteiger partial charge in [-0.15, -0.1) is 0 Å². The normalized spacial score (nSPS) is 13.5. The van der Waals surface area contributed by atoms with Crippen molar-refractivity contribution in [3.8, 4) is 0 Å². The SMILES string of the molecule is CC(C)C(C)OCc1occc1CN. The van der Waals surface area contributed by atoms with E-state index in [2.05, 4.69) is 20.8 Å². The van der Waals surface area contributed by atoms with E-state index >= 15 is 0 Å². The van der Waals surface area contributed by atoms with Crippen LogP contribution in [0.15, 0.2) is 16.7 Å². The van der Waals surface area contributed by atoms with Gasteiger partial charge in [-0.3, -0.25) is 0 Å². The zero-order valence-corrected chi connectivity index (χ0v) is 9.12. The zero-order chi connectivity index (χ0) is 10.6. The van der Waals surface area contributed by atoms with Crippen molar-refractivity contribution in [2.45, 2.75) is 40.0 Å². The van der Waals surface area contributed by atoms with Crippen molar-refractivity contribution in [1.29, 1.82) is 0 Å². The molecule has 0 saturated heterocycles. The number of rotatable bonds is 5. The first-order valence-electron chi connectivity index (χ1n) is 5.02. The Balaban J connectivity index is 2.45. The molecule has 3 nitrogen and oxygen atoms in total. The van der Waals surface area contributed by atoms with Gasteiger partial charge >= 0.3 is 0 Å². The van der Waals surface area contributed by atoms with Gasteiger partial charge in [-0.1, -0.05) is 13.8 Å². The van der Waals surface area contributed by atoms with Crippen LogP contribution < -0.4 is 5.73 Å². The molecule has 0 fully saturated rings. The Morgan fingerprint density at radius 1 is 1.43 bits per heavy atom. The highest BCUT2D eigenvalue weighted by Gasteiger charge is 2.10. The minimum atomic E-state index is 0.241. The molecule has 0 saturated carbocycles. The number of hydrogen-bond donors (Lipinski definition) is 1. The summed E-state index contributed by atoms with van der Waals surface area (Å²) in [5, 5.41) is 0. The van der Waals surface area contributed by atoms with Crippen LogP contribution in [0.4, 0.5) is 0 Å². The summed E-state index contributed by atoms with van der Waals surface area (Å²) >= 11 is 0. The van der Waals surface area contributed by atoms with E-state index in [1.165, 1.54) is 0 Å².